The minimum Gasteiger partial charge on any atom is -0.489 e. The van der Waals surface area contributed by atoms with Gasteiger partial charge in [-0.25, -0.2) is 0 Å². The summed E-state index contributed by atoms with van der Waals surface area (Å²) in [5, 5.41) is 3.80. The average Bonchev–Trinajstić information content (AvgIpc) is 3.09. The second kappa shape index (κ2) is 5.99. The van der Waals surface area contributed by atoms with Crippen LogP contribution in [0.2, 0.25) is 0 Å². The van der Waals surface area contributed by atoms with Gasteiger partial charge >= 0.3 is 0 Å². The minimum absolute atomic E-state index is 0.0605. The third-order valence-electron chi connectivity index (χ3n) is 3.55. The summed E-state index contributed by atoms with van der Waals surface area (Å²) in [5.74, 6) is 1.53. The third kappa shape index (κ3) is 3.42. The van der Waals surface area contributed by atoms with Gasteiger partial charge in [0.05, 0.1) is 18.7 Å². The van der Waals surface area contributed by atoms with Gasteiger partial charge in [-0.3, -0.25) is 4.79 Å². The number of rotatable bonds is 4. The third-order valence-corrected chi connectivity index (χ3v) is 3.55. The normalized spacial score (nSPS) is 18.0. The molecule has 1 fully saturated rings. The minimum atomic E-state index is 0.0605. The Morgan fingerprint density at radius 2 is 2.24 bits per heavy atom. The van der Waals surface area contributed by atoms with Crippen LogP contribution < -0.4 is 4.74 Å². The Morgan fingerprint density at radius 1 is 1.43 bits per heavy atom. The molecule has 3 rings (SSSR count). The summed E-state index contributed by atoms with van der Waals surface area (Å²) >= 11 is 0. The number of carbonyl (C=O) groups is 1. The standard InChI is InChI=1S/C16H18N2O3/c1-12-9-15(21-17-12)10-16(19)18-8-7-14(11-18)20-13-5-3-2-4-6-13/h2-6,9,14H,7-8,10-11H2,1H3/t14-/m1/s1. The van der Waals surface area contributed by atoms with Crippen LogP contribution in [0.25, 0.3) is 0 Å². The quantitative estimate of drug-likeness (QED) is 0.864. The van der Waals surface area contributed by atoms with E-state index in [1.165, 1.54) is 0 Å². The molecule has 21 heavy (non-hydrogen) atoms. The second-order valence-electron chi connectivity index (χ2n) is 5.29. The first-order valence-corrected chi connectivity index (χ1v) is 7.12. The maximum Gasteiger partial charge on any atom is 0.230 e. The maximum atomic E-state index is 12.2. The van der Waals surface area contributed by atoms with Crippen molar-refractivity contribution < 1.29 is 14.1 Å². The molecule has 1 amide bonds. The lowest BCUT2D eigenvalue weighted by atomic mass is 10.3. The summed E-state index contributed by atoms with van der Waals surface area (Å²) < 4.78 is 11.0. The van der Waals surface area contributed by atoms with Gasteiger partial charge in [0.2, 0.25) is 5.91 Å². The number of amides is 1. The first-order chi connectivity index (χ1) is 10.2. The van der Waals surface area contributed by atoms with E-state index in [1.54, 1.807) is 6.07 Å². The number of para-hydroxylation sites is 1. The molecule has 0 spiro atoms. The Morgan fingerprint density at radius 3 is 2.95 bits per heavy atom. The fraction of sp³-hybridized carbons (Fsp3) is 0.375. The highest BCUT2D eigenvalue weighted by molar-refractivity contribution is 5.78. The smallest absolute Gasteiger partial charge is 0.230 e. The first kappa shape index (κ1) is 13.7. The van der Waals surface area contributed by atoms with E-state index in [4.69, 9.17) is 9.26 Å². The highest BCUT2D eigenvalue weighted by atomic mass is 16.5. The average molecular weight is 286 g/mol. The number of carbonyl (C=O) groups excluding carboxylic acids is 1. The van der Waals surface area contributed by atoms with Crippen LogP contribution in [0.3, 0.4) is 0 Å². The molecule has 1 atom stereocenters. The number of likely N-dealkylation sites (tertiary alicyclic amines) is 1. The Hall–Kier alpha value is -2.30. The van der Waals surface area contributed by atoms with E-state index in [0.29, 0.717) is 12.3 Å². The molecule has 0 unspecified atom stereocenters. The summed E-state index contributed by atoms with van der Waals surface area (Å²) in [6, 6.07) is 11.5. The lowest BCUT2D eigenvalue weighted by Crippen LogP contribution is -2.32. The lowest BCUT2D eigenvalue weighted by Gasteiger charge is -2.16. The summed E-state index contributed by atoms with van der Waals surface area (Å²) in [5.41, 5.74) is 0.796. The molecule has 0 saturated carbocycles. The summed E-state index contributed by atoms with van der Waals surface area (Å²) in [7, 11) is 0. The Balaban J connectivity index is 1.53. The van der Waals surface area contributed by atoms with Crippen molar-refractivity contribution in [3.05, 3.63) is 47.9 Å². The van der Waals surface area contributed by atoms with Gasteiger partial charge in [-0.15, -0.1) is 0 Å². The molecule has 1 aromatic carbocycles. The molecule has 5 heteroatoms. The molecule has 1 aliphatic rings. The van der Waals surface area contributed by atoms with Crippen LogP contribution in [-0.2, 0) is 11.2 Å². The Labute approximate surface area is 123 Å². The van der Waals surface area contributed by atoms with Crippen molar-refractivity contribution in [2.24, 2.45) is 0 Å². The van der Waals surface area contributed by atoms with Gasteiger partial charge in [-0.05, 0) is 19.1 Å². The molecule has 0 radical (unpaired) electrons. The van der Waals surface area contributed by atoms with Crippen LogP contribution in [0.5, 0.6) is 5.75 Å². The molecule has 0 aliphatic carbocycles. The first-order valence-electron chi connectivity index (χ1n) is 7.12. The number of aryl methyl sites for hydroxylation is 1. The van der Waals surface area contributed by atoms with E-state index < -0.39 is 0 Å². The Bertz CT molecular complexity index is 609. The van der Waals surface area contributed by atoms with Crippen LogP contribution in [0.4, 0.5) is 0 Å². The van der Waals surface area contributed by atoms with Crippen LogP contribution >= 0.6 is 0 Å². The molecule has 2 aromatic rings. The molecule has 2 heterocycles. The summed E-state index contributed by atoms with van der Waals surface area (Å²) in [4.78, 5) is 14.0. The van der Waals surface area contributed by atoms with Crippen molar-refractivity contribution in [2.45, 2.75) is 25.9 Å². The van der Waals surface area contributed by atoms with Gasteiger partial charge in [0, 0.05) is 19.0 Å². The van der Waals surface area contributed by atoms with Gasteiger partial charge in [0.25, 0.3) is 0 Å². The van der Waals surface area contributed by atoms with Crippen LogP contribution in [-0.4, -0.2) is 35.2 Å². The molecule has 1 aromatic heterocycles. The van der Waals surface area contributed by atoms with E-state index in [0.717, 1.165) is 24.4 Å². The van der Waals surface area contributed by atoms with Gasteiger partial charge in [-0.2, -0.15) is 0 Å². The molecule has 0 N–H and O–H groups in total. The number of hydrogen-bond donors (Lipinski definition) is 0. The van der Waals surface area contributed by atoms with Crippen molar-refractivity contribution in [2.75, 3.05) is 13.1 Å². The van der Waals surface area contributed by atoms with Crippen molar-refractivity contribution in [1.29, 1.82) is 0 Å². The van der Waals surface area contributed by atoms with E-state index in [9.17, 15) is 4.79 Å². The molecule has 0 bridgehead atoms. The number of aromatic nitrogens is 1. The lowest BCUT2D eigenvalue weighted by molar-refractivity contribution is -0.130. The van der Waals surface area contributed by atoms with Gasteiger partial charge < -0.3 is 14.2 Å². The number of nitrogens with zero attached hydrogens (tertiary/aromatic N) is 2. The zero-order valence-corrected chi connectivity index (χ0v) is 12.0. The van der Waals surface area contributed by atoms with Crippen molar-refractivity contribution >= 4 is 5.91 Å². The second-order valence-corrected chi connectivity index (χ2v) is 5.29. The molecule has 1 aliphatic heterocycles. The van der Waals surface area contributed by atoms with E-state index in [2.05, 4.69) is 5.16 Å². The van der Waals surface area contributed by atoms with Gasteiger partial charge in [0.1, 0.15) is 17.6 Å². The van der Waals surface area contributed by atoms with E-state index >= 15 is 0 Å². The highest BCUT2D eigenvalue weighted by Gasteiger charge is 2.28. The van der Waals surface area contributed by atoms with Crippen LogP contribution in [0, 0.1) is 6.92 Å². The molecular weight excluding hydrogens is 268 g/mol. The van der Waals surface area contributed by atoms with E-state index in [-0.39, 0.29) is 18.4 Å². The van der Waals surface area contributed by atoms with Crippen LogP contribution in [0.1, 0.15) is 17.9 Å². The van der Waals surface area contributed by atoms with Crippen molar-refractivity contribution in [3.63, 3.8) is 0 Å². The van der Waals surface area contributed by atoms with Crippen LogP contribution in [0.15, 0.2) is 40.9 Å². The van der Waals surface area contributed by atoms with Crippen molar-refractivity contribution in [3.8, 4) is 5.75 Å². The summed E-state index contributed by atoms with van der Waals surface area (Å²) in [6.07, 6.45) is 1.18. The highest BCUT2D eigenvalue weighted by Crippen LogP contribution is 2.18. The summed E-state index contributed by atoms with van der Waals surface area (Å²) in [6.45, 7) is 3.20. The predicted octanol–water partition coefficient (Wildman–Crippen LogP) is 2.21. The molecular formula is C16H18N2O3. The largest absolute Gasteiger partial charge is 0.489 e. The zero-order chi connectivity index (χ0) is 14.7. The number of ether oxygens (including phenoxy) is 1. The topological polar surface area (TPSA) is 55.6 Å². The number of hydrogen-bond acceptors (Lipinski definition) is 4. The van der Waals surface area contributed by atoms with Gasteiger partial charge in [0.15, 0.2) is 0 Å². The SMILES string of the molecule is Cc1cc(CC(=O)N2CC[C@@H](Oc3ccccc3)C2)on1. The Kier molecular flexibility index (Phi) is 3.90. The molecule has 110 valence electrons. The number of benzene rings is 1. The fourth-order valence-electron chi connectivity index (χ4n) is 2.50. The maximum absolute atomic E-state index is 12.2. The fourth-order valence-corrected chi connectivity index (χ4v) is 2.50. The van der Waals surface area contributed by atoms with Crippen molar-refractivity contribution in [1.82, 2.24) is 10.1 Å². The zero-order valence-electron chi connectivity index (χ0n) is 12.0. The molecule has 5 nitrogen and oxygen atoms in total. The predicted molar refractivity (Wildman–Crippen MR) is 77.0 cm³/mol. The van der Waals surface area contributed by atoms with Gasteiger partial charge in [-0.1, -0.05) is 23.4 Å². The monoisotopic (exact) mass is 286 g/mol. The molecule has 1 saturated heterocycles. The van der Waals surface area contributed by atoms with E-state index in [1.807, 2.05) is 42.2 Å².